The highest BCUT2D eigenvalue weighted by molar-refractivity contribution is 7.13. The van der Waals surface area contributed by atoms with Crippen molar-refractivity contribution in [2.45, 2.75) is 44.9 Å². The number of nitrogens with one attached hydrogen (secondary N) is 1. The number of imidazole rings is 1. The van der Waals surface area contributed by atoms with Crippen molar-refractivity contribution in [2.75, 3.05) is 25.0 Å². The Morgan fingerprint density at radius 3 is 2.84 bits per heavy atom. The molecule has 0 saturated carbocycles. The fraction of sp³-hybridized carbons (Fsp3) is 0.588. The lowest BCUT2D eigenvalue weighted by Crippen LogP contribution is -2.51. The van der Waals surface area contributed by atoms with Crippen molar-refractivity contribution in [1.29, 1.82) is 0 Å². The van der Waals surface area contributed by atoms with Crippen LogP contribution >= 0.6 is 11.3 Å². The Kier molecular flexibility index (Phi) is 4.82. The van der Waals surface area contributed by atoms with Crippen LogP contribution in [0.2, 0.25) is 0 Å². The molecule has 2 aromatic heterocycles. The second kappa shape index (κ2) is 7.23. The van der Waals surface area contributed by atoms with Gasteiger partial charge in [-0.1, -0.05) is 0 Å². The maximum Gasteiger partial charge on any atom is 0.243 e. The van der Waals surface area contributed by atoms with Crippen molar-refractivity contribution in [1.82, 2.24) is 24.3 Å². The van der Waals surface area contributed by atoms with E-state index in [2.05, 4.69) is 35.8 Å². The summed E-state index contributed by atoms with van der Waals surface area (Å²) in [5.74, 6) is 1.21. The van der Waals surface area contributed by atoms with E-state index in [4.69, 9.17) is 0 Å². The van der Waals surface area contributed by atoms with Crippen LogP contribution in [0.4, 0.5) is 5.13 Å². The summed E-state index contributed by atoms with van der Waals surface area (Å²) in [6, 6.07) is 0.473. The number of aromatic nitrogens is 3. The number of carbonyl (C=O) groups is 1. The summed E-state index contributed by atoms with van der Waals surface area (Å²) in [6.07, 6.45) is 7.88. The van der Waals surface area contributed by atoms with Crippen molar-refractivity contribution < 1.29 is 4.79 Å². The quantitative estimate of drug-likeness (QED) is 0.898. The van der Waals surface area contributed by atoms with Gasteiger partial charge in [0.15, 0.2) is 5.13 Å². The Hall–Kier alpha value is -1.77. The number of likely N-dealkylation sites (tertiary alicyclic amines) is 1. The van der Waals surface area contributed by atoms with E-state index < -0.39 is 0 Å². The average molecular weight is 360 g/mol. The van der Waals surface area contributed by atoms with Gasteiger partial charge in [0.05, 0.1) is 12.6 Å². The standard InChI is InChI=1S/C17H24N6OS/c1-13(16(24)20-17-19-5-11-25-17)21-6-2-14(3-7-21)23-10-9-22-8-4-18-15(22)12-23/h4-5,8,11,13-14H,2-3,6-7,9-10,12H2,1H3,(H,19,20,24)/t13-/m1/s1. The Morgan fingerprint density at radius 1 is 1.24 bits per heavy atom. The van der Waals surface area contributed by atoms with E-state index in [0.717, 1.165) is 45.6 Å². The number of amides is 1. The molecule has 4 rings (SSSR count). The molecule has 2 aromatic rings. The van der Waals surface area contributed by atoms with Gasteiger partial charge in [0.25, 0.3) is 0 Å². The van der Waals surface area contributed by atoms with Crippen molar-refractivity contribution in [2.24, 2.45) is 0 Å². The van der Waals surface area contributed by atoms with Gasteiger partial charge < -0.3 is 9.88 Å². The van der Waals surface area contributed by atoms with Crippen LogP contribution in [-0.4, -0.2) is 62.0 Å². The van der Waals surface area contributed by atoms with Gasteiger partial charge in [-0.3, -0.25) is 14.6 Å². The molecule has 4 heterocycles. The summed E-state index contributed by atoms with van der Waals surface area (Å²) in [6.45, 7) is 6.97. The highest BCUT2D eigenvalue weighted by atomic mass is 32.1. The largest absolute Gasteiger partial charge is 0.333 e. The molecule has 1 atom stereocenters. The van der Waals surface area contributed by atoms with Gasteiger partial charge in [0.2, 0.25) is 5.91 Å². The molecule has 0 bridgehead atoms. The summed E-state index contributed by atoms with van der Waals surface area (Å²) in [5.41, 5.74) is 0. The normalized spacial score (nSPS) is 21.0. The van der Waals surface area contributed by atoms with Crippen LogP contribution in [0.25, 0.3) is 0 Å². The van der Waals surface area contributed by atoms with Crippen molar-refractivity contribution >= 4 is 22.4 Å². The number of piperidine rings is 1. The van der Waals surface area contributed by atoms with Gasteiger partial charge in [-0.05, 0) is 19.8 Å². The first-order valence-corrected chi connectivity index (χ1v) is 9.77. The Morgan fingerprint density at radius 2 is 2.08 bits per heavy atom. The van der Waals surface area contributed by atoms with Crippen LogP contribution in [0.5, 0.6) is 0 Å². The lowest BCUT2D eigenvalue weighted by atomic mass is 10.0. The monoisotopic (exact) mass is 360 g/mol. The molecule has 0 spiro atoms. The Balaban J connectivity index is 1.29. The number of hydrogen-bond donors (Lipinski definition) is 1. The molecule has 0 aliphatic carbocycles. The Labute approximate surface area is 151 Å². The van der Waals surface area contributed by atoms with Gasteiger partial charge in [0.1, 0.15) is 5.82 Å². The summed E-state index contributed by atoms with van der Waals surface area (Å²) < 4.78 is 2.25. The van der Waals surface area contributed by atoms with Crippen LogP contribution < -0.4 is 5.32 Å². The zero-order valence-corrected chi connectivity index (χ0v) is 15.3. The molecule has 0 radical (unpaired) electrons. The number of carbonyl (C=O) groups excluding carboxylic acids is 1. The van der Waals surface area contributed by atoms with E-state index in [1.54, 1.807) is 6.20 Å². The van der Waals surface area contributed by atoms with Gasteiger partial charge in [0, 0.05) is 56.2 Å². The van der Waals surface area contributed by atoms with E-state index in [9.17, 15) is 4.79 Å². The first kappa shape index (κ1) is 16.7. The Bertz CT molecular complexity index is 707. The minimum atomic E-state index is -0.120. The maximum atomic E-state index is 12.4. The fourth-order valence-corrected chi connectivity index (χ4v) is 4.33. The van der Waals surface area contributed by atoms with Gasteiger partial charge >= 0.3 is 0 Å². The van der Waals surface area contributed by atoms with Crippen LogP contribution in [-0.2, 0) is 17.9 Å². The molecule has 0 unspecified atom stereocenters. The first-order valence-electron chi connectivity index (χ1n) is 8.89. The molecule has 0 aromatic carbocycles. The molecule has 1 saturated heterocycles. The molecular weight excluding hydrogens is 336 g/mol. The molecule has 8 heteroatoms. The second-order valence-electron chi connectivity index (χ2n) is 6.78. The molecule has 1 amide bonds. The van der Waals surface area contributed by atoms with Crippen LogP contribution in [0.3, 0.4) is 0 Å². The summed E-state index contributed by atoms with van der Waals surface area (Å²) >= 11 is 1.45. The zero-order chi connectivity index (χ0) is 17.2. The molecule has 1 N–H and O–H groups in total. The molecule has 1 fully saturated rings. The third kappa shape index (κ3) is 3.61. The topological polar surface area (TPSA) is 66.3 Å². The SMILES string of the molecule is C[C@H](C(=O)Nc1nccs1)N1CCC(N2CCn3ccnc3C2)CC1. The van der Waals surface area contributed by atoms with Crippen molar-refractivity contribution in [3.05, 3.63) is 29.8 Å². The summed E-state index contributed by atoms with van der Waals surface area (Å²) in [5, 5.41) is 5.45. The van der Waals surface area contributed by atoms with E-state index >= 15 is 0 Å². The van der Waals surface area contributed by atoms with Crippen LogP contribution in [0, 0.1) is 0 Å². The molecule has 2 aliphatic heterocycles. The average Bonchev–Trinajstić information content (AvgIpc) is 3.32. The number of fused-ring (bicyclic) bond motifs is 1. The summed E-state index contributed by atoms with van der Waals surface area (Å²) in [7, 11) is 0. The van der Waals surface area contributed by atoms with E-state index in [1.165, 1.54) is 17.2 Å². The highest BCUT2D eigenvalue weighted by Crippen LogP contribution is 2.23. The smallest absolute Gasteiger partial charge is 0.243 e. The van der Waals surface area contributed by atoms with E-state index in [-0.39, 0.29) is 11.9 Å². The number of thiazole rings is 1. The zero-order valence-electron chi connectivity index (χ0n) is 14.5. The number of nitrogens with zero attached hydrogens (tertiary/aromatic N) is 5. The van der Waals surface area contributed by atoms with E-state index in [0.29, 0.717) is 11.2 Å². The lowest BCUT2D eigenvalue weighted by molar-refractivity contribution is -0.121. The van der Waals surface area contributed by atoms with Gasteiger partial charge in [-0.25, -0.2) is 9.97 Å². The number of anilines is 1. The second-order valence-corrected chi connectivity index (χ2v) is 7.67. The number of hydrogen-bond acceptors (Lipinski definition) is 6. The third-order valence-electron chi connectivity index (χ3n) is 5.38. The predicted octanol–water partition coefficient (Wildman–Crippen LogP) is 1.65. The summed E-state index contributed by atoms with van der Waals surface area (Å²) in [4.78, 5) is 25.8. The highest BCUT2D eigenvalue weighted by Gasteiger charge is 2.31. The molecule has 2 aliphatic rings. The molecule has 134 valence electrons. The van der Waals surface area contributed by atoms with Crippen LogP contribution in [0.1, 0.15) is 25.6 Å². The minimum absolute atomic E-state index is 0.0356. The van der Waals surface area contributed by atoms with Gasteiger partial charge in [-0.15, -0.1) is 11.3 Å². The van der Waals surface area contributed by atoms with Crippen LogP contribution in [0.15, 0.2) is 24.0 Å². The molecular formula is C17H24N6OS. The first-order chi connectivity index (χ1) is 12.2. The van der Waals surface area contributed by atoms with E-state index in [1.807, 2.05) is 18.5 Å². The predicted molar refractivity (Wildman–Crippen MR) is 97.4 cm³/mol. The van der Waals surface area contributed by atoms with Crippen molar-refractivity contribution in [3.63, 3.8) is 0 Å². The minimum Gasteiger partial charge on any atom is -0.333 e. The third-order valence-corrected chi connectivity index (χ3v) is 6.07. The molecule has 7 nitrogen and oxygen atoms in total. The van der Waals surface area contributed by atoms with Crippen molar-refractivity contribution in [3.8, 4) is 0 Å². The molecule has 25 heavy (non-hydrogen) atoms. The maximum absolute atomic E-state index is 12.4. The number of rotatable bonds is 4. The lowest BCUT2D eigenvalue weighted by Gasteiger charge is -2.41. The fourth-order valence-electron chi connectivity index (χ4n) is 3.80. The van der Waals surface area contributed by atoms with Gasteiger partial charge in [-0.2, -0.15) is 0 Å².